The number of imide groups is 1. The molecule has 0 spiro atoms. The van der Waals surface area contributed by atoms with E-state index in [1.54, 1.807) is 19.9 Å². The zero-order valence-electron chi connectivity index (χ0n) is 19.8. The lowest BCUT2D eigenvalue weighted by Crippen LogP contribution is -2.28. The highest BCUT2D eigenvalue weighted by Gasteiger charge is 2.29. The number of unbranched alkanes of at least 4 members (excludes halogenated alkanes) is 2. The average molecular weight is 500 g/mol. The maximum atomic E-state index is 12.1. The van der Waals surface area contributed by atoms with Gasteiger partial charge in [-0.1, -0.05) is 43.2 Å². The van der Waals surface area contributed by atoms with Gasteiger partial charge in [0.2, 0.25) is 0 Å². The number of amides is 2. The highest BCUT2D eigenvalue weighted by atomic mass is 32.2. The second kappa shape index (κ2) is 12.9. The molecular weight excluding hydrogens is 470 g/mol. The molecule has 1 aliphatic heterocycles. The lowest BCUT2D eigenvalue weighted by Gasteiger charge is -2.14. The van der Waals surface area contributed by atoms with Gasteiger partial charge in [0.25, 0.3) is 11.1 Å². The monoisotopic (exact) mass is 499 g/mol. The lowest BCUT2D eigenvalue weighted by atomic mass is 10.0. The van der Waals surface area contributed by atoms with Gasteiger partial charge in [0.1, 0.15) is 5.75 Å². The van der Waals surface area contributed by atoms with Crippen molar-refractivity contribution in [1.29, 1.82) is 0 Å². The summed E-state index contributed by atoms with van der Waals surface area (Å²) in [6, 6.07) is 11.4. The first-order valence-electron chi connectivity index (χ1n) is 11.7. The molecule has 1 saturated heterocycles. The molecule has 0 saturated carbocycles. The zero-order valence-corrected chi connectivity index (χ0v) is 20.7. The van der Waals surface area contributed by atoms with Crippen LogP contribution in [0.2, 0.25) is 0 Å². The number of esters is 2. The van der Waals surface area contributed by atoms with Gasteiger partial charge in [0.15, 0.2) is 5.92 Å². The molecule has 3 rings (SSSR count). The van der Waals surface area contributed by atoms with Crippen LogP contribution in [0.5, 0.6) is 5.75 Å². The number of carbonyl (C=O) groups is 4. The Morgan fingerprint density at radius 1 is 0.943 bits per heavy atom. The van der Waals surface area contributed by atoms with Crippen LogP contribution in [0.15, 0.2) is 41.3 Å². The van der Waals surface area contributed by atoms with Crippen molar-refractivity contribution < 1.29 is 33.4 Å². The topological polar surface area (TPSA) is 108 Å². The Kier molecular flexibility index (Phi) is 9.72. The predicted octanol–water partition coefficient (Wildman–Crippen LogP) is 4.85. The molecule has 8 nitrogen and oxygen atoms in total. The van der Waals surface area contributed by atoms with Gasteiger partial charge in [-0.25, -0.2) is 0 Å². The lowest BCUT2D eigenvalue weighted by molar-refractivity contribution is -0.162. The number of ether oxygens (including phenoxy) is 3. The molecule has 35 heavy (non-hydrogen) atoms. The predicted molar refractivity (Wildman–Crippen MR) is 134 cm³/mol. The molecule has 2 amide bonds. The number of thioether (sulfide) groups is 1. The average Bonchev–Trinajstić information content (AvgIpc) is 3.16. The minimum atomic E-state index is -0.892. The second-order valence-electron chi connectivity index (χ2n) is 7.81. The summed E-state index contributed by atoms with van der Waals surface area (Å²) in [6.45, 7) is 4.32. The maximum Gasteiger partial charge on any atom is 0.320 e. The number of hydrogen-bond acceptors (Lipinski definition) is 8. The third kappa shape index (κ3) is 7.08. The number of hydrogen-bond donors (Lipinski definition) is 1. The van der Waals surface area contributed by atoms with E-state index in [4.69, 9.17) is 14.2 Å². The summed E-state index contributed by atoms with van der Waals surface area (Å²) >= 11 is 0.886. The molecule has 1 fully saturated rings. The van der Waals surface area contributed by atoms with E-state index in [0.717, 1.165) is 46.7 Å². The first-order chi connectivity index (χ1) is 16.9. The Balaban J connectivity index is 1.57. The van der Waals surface area contributed by atoms with Crippen LogP contribution in [-0.4, -0.2) is 42.9 Å². The Hall–Kier alpha value is -3.33. The zero-order chi connectivity index (χ0) is 25.2. The molecule has 2 aromatic carbocycles. The van der Waals surface area contributed by atoms with Crippen molar-refractivity contribution in [3.63, 3.8) is 0 Å². The third-order valence-electron chi connectivity index (χ3n) is 5.38. The normalized spacial score (nSPS) is 14.4. The van der Waals surface area contributed by atoms with E-state index in [2.05, 4.69) is 5.32 Å². The van der Waals surface area contributed by atoms with Crippen molar-refractivity contribution in [3.8, 4) is 5.75 Å². The third-order valence-corrected chi connectivity index (χ3v) is 6.19. The highest BCUT2D eigenvalue weighted by molar-refractivity contribution is 8.18. The molecule has 0 atom stereocenters. The highest BCUT2D eigenvalue weighted by Crippen LogP contribution is 2.32. The molecule has 0 aliphatic carbocycles. The molecule has 186 valence electrons. The van der Waals surface area contributed by atoms with E-state index in [1.165, 1.54) is 0 Å². The van der Waals surface area contributed by atoms with Crippen LogP contribution >= 0.6 is 11.8 Å². The van der Waals surface area contributed by atoms with Crippen LogP contribution in [0.1, 0.15) is 45.1 Å². The van der Waals surface area contributed by atoms with Crippen molar-refractivity contribution in [2.24, 2.45) is 5.92 Å². The van der Waals surface area contributed by atoms with Gasteiger partial charge in [0, 0.05) is 5.39 Å². The summed E-state index contributed by atoms with van der Waals surface area (Å²) in [5.74, 6) is -1.64. The smallest absolute Gasteiger partial charge is 0.320 e. The summed E-state index contributed by atoms with van der Waals surface area (Å²) in [4.78, 5) is 47.9. The molecule has 1 N–H and O–H groups in total. The van der Waals surface area contributed by atoms with E-state index in [-0.39, 0.29) is 18.5 Å². The summed E-state index contributed by atoms with van der Waals surface area (Å²) in [6.07, 6.45) is 4.27. The minimum Gasteiger partial charge on any atom is -0.493 e. The van der Waals surface area contributed by atoms with Crippen LogP contribution < -0.4 is 10.1 Å². The molecule has 1 heterocycles. The molecule has 9 heteroatoms. The molecule has 1 aliphatic rings. The molecule has 0 bridgehead atoms. The first-order valence-corrected chi connectivity index (χ1v) is 12.5. The Morgan fingerprint density at radius 2 is 1.63 bits per heavy atom. The van der Waals surface area contributed by atoms with Gasteiger partial charge in [-0.15, -0.1) is 0 Å². The van der Waals surface area contributed by atoms with E-state index in [1.807, 2.05) is 36.4 Å². The molecule has 2 aromatic rings. The standard InChI is InChI=1S/C26H29NO7S/c1-3-32-24(29)20(25(30)33-4-2)12-6-5-9-15-34-21-14-13-17(18-10-7-8-11-19(18)21)16-22-23(28)27-26(31)35-22/h7-8,10-11,13-14,16,20H,3-6,9,12,15H2,1-2H3,(H,27,28,31)/b22-16+. The molecular formula is C26H29NO7S. The number of benzene rings is 2. The molecule has 0 radical (unpaired) electrons. The Labute approximate surface area is 208 Å². The Bertz CT molecular complexity index is 1110. The van der Waals surface area contributed by atoms with Crippen LogP contribution in [0, 0.1) is 5.92 Å². The van der Waals surface area contributed by atoms with Crippen LogP contribution in [0.25, 0.3) is 16.8 Å². The number of fused-ring (bicyclic) bond motifs is 1. The SMILES string of the molecule is CCOC(=O)C(CCCCCOc1ccc(/C=C2/SC(=O)NC2=O)c2ccccc12)C(=O)OCC. The van der Waals surface area contributed by atoms with Gasteiger partial charge >= 0.3 is 11.9 Å². The van der Waals surface area contributed by atoms with E-state index in [0.29, 0.717) is 24.4 Å². The van der Waals surface area contributed by atoms with Gasteiger partial charge in [-0.05, 0) is 61.5 Å². The Morgan fingerprint density at radius 3 is 2.26 bits per heavy atom. The van der Waals surface area contributed by atoms with Gasteiger partial charge in [0.05, 0.1) is 24.7 Å². The minimum absolute atomic E-state index is 0.219. The van der Waals surface area contributed by atoms with E-state index in [9.17, 15) is 19.2 Å². The quantitative estimate of drug-likeness (QED) is 0.191. The van der Waals surface area contributed by atoms with Crippen LogP contribution in [-0.2, 0) is 23.9 Å². The number of rotatable bonds is 12. The summed E-state index contributed by atoms with van der Waals surface area (Å²) in [7, 11) is 0. The van der Waals surface area contributed by atoms with Gasteiger partial charge in [-0.2, -0.15) is 0 Å². The fraction of sp³-hybridized carbons (Fsp3) is 0.385. The fourth-order valence-corrected chi connectivity index (χ4v) is 4.41. The number of carbonyl (C=O) groups excluding carboxylic acids is 4. The summed E-state index contributed by atoms with van der Waals surface area (Å²) in [5, 5.41) is 3.71. The summed E-state index contributed by atoms with van der Waals surface area (Å²) < 4.78 is 16.0. The maximum absolute atomic E-state index is 12.1. The van der Waals surface area contributed by atoms with Crippen molar-refractivity contribution in [2.75, 3.05) is 19.8 Å². The number of nitrogens with one attached hydrogen (secondary N) is 1. The van der Waals surface area contributed by atoms with Crippen molar-refractivity contribution >= 4 is 51.7 Å². The molecule has 0 aromatic heterocycles. The first kappa shape index (κ1) is 26.3. The van der Waals surface area contributed by atoms with E-state index < -0.39 is 23.8 Å². The van der Waals surface area contributed by atoms with Crippen molar-refractivity contribution in [1.82, 2.24) is 5.32 Å². The van der Waals surface area contributed by atoms with Crippen LogP contribution in [0.3, 0.4) is 0 Å². The van der Waals surface area contributed by atoms with Crippen molar-refractivity contribution in [3.05, 3.63) is 46.9 Å². The van der Waals surface area contributed by atoms with Gasteiger partial charge in [-0.3, -0.25) is 24.5 Å². The second-order valence-corrected chi connectivity index (χ2v) is 8.82. The van der Waals surface area contributed by atoms with Gasteiger partial charge < -0.3 is 14.2 Å². The van der Waals surface area contributed by atoms with E-state index >= 15 is 0 Å². The largest absolute Gasteiger partial charge is 0.493 e. The van der Waals surface area contributed by atoms with Crippen LogP contribution in [0.4, 0.5) is 4.79 Å². The molecule has 0 unspecified atom stereocenters. The fourth-order valence-electron chi connectivity index (χ4n) is 3.74. The van der Waals surface area contributed by atoms with Crippen molar-refractivity contribution in [2.45, 2.75) is 39.5 Å². The summed E-state index contributed by atoms with van der Waals surface area (Å²) in [5.41, 5.74) is 0.823.